The van der Waals surface area contributed by atoms with Crippen LogP contribution in [0.3, 0.4) is 0 Å². The summed E-state index contributed by atoms with van der Waals surface area (Å²) in [5.74, 6) is -0.285. The highest BCUT2D eigenvalue weighted by Crippen LogP contribution is 2.29. The molecule has 18 heavy (non-hydrogen) atoms. The fourth-order valence-corrected chi connectivity index (χ4v) is 2.78. The number of nitriles is 1. The van der Waals surface area contributed by atoms with Crippen molar-refractivity contribution in [2.24, 2.45) is 0 Å². The molecule has 0 saturated heterocycles. The van der Waals surface area contributed by atoms with Crippen LogP contribution in [0.15, 0.2) is 24.3 Å². The monoisotopic (exact) mass is 246 g/mol. The smallest absolute Gasteiger partial charge is 0.129 e. The Hall–Kier alpha value is -1.40. The van der Waals surface area contributed by atoms with E-state index in [1.54, 1.807) is 18.2 Å². The molecule has 1 aliphatic carbocycles. The lowest BCUT2D eigenvalue weighted by molar-refractivity contribution is 0.162. The fraction of sp³-hybridized carbons (Fsp3) is 0.533. The average molecular weight is 246 g/mol. The van der Waals surface area contributed by atoms with Crippen molar-refractivity contribution in [3.05, 3.63) is 35.6 Å². The van der Waals surface area contributed by atoms with Gasteiger partial charge in [-0.2, -0.15) is 5.26 Å². The van der Waals surface area contributed by atoms with Gasteiger partial charge in [-0.15, -0.1) is 0 Å². The van der Waals surface area contributed by atoms with Crippen molar-refractivity contribution in [3.63, 3.8) is 0 Å². The standard InChI is InChI=1S/C15H19FN2/c1-18(12-7-3-2-4-8-12)15(11-17)13-9-5-6-10-14(13)16/h5-6,9-10,12,15H,2-4,7-8H2,1H3. The molecule has 0 N–H and O–H groups in total. The lowest BCUT2D eigenvalue weighted by Gasteiger charge is -2.34. The summed E-state index contributed by atoms with van der Waals surface area (Å²) in [5.41, 5.74) is 0.494. The molecule has 1 aliphatic rings. The topological polar surface area (TPSA) is 27.0 Å². The second-order valence-electron chi connectivity index (χ2n) is 5.01. The maximum Gasteiger partial charge on any atom is 0.129 e. The maximum atomic E-state index is 13.8. The predicted molar refractivity (Wildman–Crippen MR) is 69.4 cm³/mol. The van der Waals surface area contributed by atoms with Crippen LogP contribution in [-0.4, -0.2) is 18.0 Å². The van der Waals surface area contributed by atoms with Gasteiger partial charge in [-0.3, -0.25) is 4.90 Å². The summed E-state index contributed by atoms with van der Waals surface area (Å²) in [7, 11) is 1.94. The van der Waals surface area contributed by atoms with E-state index in [1.165, 1.54) is 25.3 Å². The molecule has 0 heterocycles. The number of hydrogen-bond acceptors (Lipinski definition) is 2. The van der Waals surface area contributed by atoms with Gasteiger partial charge in [0.1, 0.15) is 11.9 Å². The zero-order chi connectivity index (χ0) is 13.0. The second-order valence-corrected chi connectivity index (χ2v) is 5.01. The Kier molecular flexibility index (Phi) is 4.33. The van der Waals surface area contributed by atoms with E-state index in [0.717, 1.165) is 12.8 Å². The zero-order valence-corrected chi connectivity index (χ0v) is 10.8. The molecule has 0 aliphatic heterocycles. The van der Waals surface area contributed by atoms with Crippen molar-refractivity contribution >= 4 is 0 Å². The molecule has 1 fully saturated rings. The summed E-state index contributed by atoms with van der Waals surface area (Å²) in [4.78, 5) is 2.04. The van der Waals surface area contributed by atoms with Crippen LogP contribution in [0.4, 0.5) is 4.39 Å². The molecular formula is C15H19FN2. The number of hydrogen-bond donors (Lipinski definition) is 0. The molecule has 0 spiro atoms. The van der Waals surface area contributed by atoms with Crippen LogP contribution in [0.1, 0.15) is 43.7 Å². The van der Waals surface area contributed by atoms with Crippen molar-refractivity contribution in [1.29, 1.82) is 5.26 Å². The normalized spacial score (nSPS) is 18.6. The van der Waals surface area contributed by atoms with Gasteiger partial charge in [0.2, 0.25) is 0 Å². The van der Waals surface area contributed by atoms with Crippen LogP contribution in [-0.2, 0) is 0 Å². The lowest BCUT2D eigenvalue weighted by atomic mass is 9.92. The molecule has 1 atom stereocenters. The highest BCUT2D eigenvalue weighted by atomic mass is 19.1. The molecule has 0 bridgehead atoms. The van der Waals surface area contributed by atoms with Gasteiger partial charge in [-0.25, -0.2) is 4.39 Å². The third kappa shape index (κ3) is 2.70. The molecule has 1 saturated carbocycles. The molecule has 0 radical (unpaired) electrons. The van der Waals surface area contributed by atoms with Crippen molar-refractivity contribution < 1.29 is 4.39 Å². The molecule has 1 aromatic carbocycles. The Morgan fingerprint density at radius 1 is 1.28 bits per heavy atom. The van der Waals surface area contributed by atoms with Gasteiger partial charge >= 0.3 is 0 Å². The van der Waals surface area contributed by atoms with Gasteiger partial charge in [-0.1, -0.05) is 37.5 Å². The second kappa shape index (κ2) is 5.97. The van der Waals surface area contributed by atoms with Crippen LogP contribution in [0.25, 0.3) is 0 Å². The molecule has 3 heteroatoms. The number of rotatable bonds is 3. The molecule has 96 valence electrons. The van der Waals surface area contributed by atoms with Gasteiger partial charge in [0.25, 0.3) is 0 Å². The van der Waals surface area contributed by atoms with E-state index in [-0.39, 0.29) is 5.82 Å². The highest BCUT2D eigenvalue weighted by Gasteiger charge is 2.26. The first-order chi connectivity index (χ1) is 8.74. The highest BCUT2D eigenvalue weighted by molar-refractivity contribution is 5.26. The van der Waals surface area contributed by atoms with E-state index in [0.29, 0.717) is 11.6 Å². The first kappa shape index (κ1) is 13.0. The average Bonchev–Trinajstić information content (AvgIpc) is 2.42. The summed E-state index contributed by atoms with van der Waals surface area (Å²) in [6, 6.07) is 8.76. The van der Waals surface area contributed by atoms with Gasteiger partial charge in [0.05, 0.1) is 6.07 Å². The van der Waals surface area contributed by atoms with E-state index in [9.17, 15) is 9.65 Å². The third-order valence-corrected chi connectivity index (χ3v) is 3.88. The van der Waals surface area contributed by atoms with E-state index < -0.39 is 6.04 Å². The molecule has 2 nitrogen and oxygen atoms in total. The number of halogens is 1. The minimum absolute atomic E-state index is 0.285. The Morgan fingerprint density at radius 3 is 2.56 bits per heavy atom. The van der Waals surface area contributed by atoms with Crippen LogP contribution < -0.4 is 0 Å². The Morgan fingerprint density at radius 2 is 1.94 bits per heavy atom. The van der Waals surface area contributed by atoms with Gasteiger partial charge in [0, 0.05) is 11.6 Å². The lowest BCUT2D eigenvalue weighted by Crippen LogP contribution is -2.36. The largest absolute Gasteiger partial charge is 0.284 e. The van der Waals surface area contributed by atoms with Crippen LogP contribution in [0.2, 0.25) is 0 Å². The molecule has 1 unspecified atom stereocenters. The molecule has 2 rings (SSSR count). The summed E-state index contributed by atoms with van der Waals surface area (Å²) in [6.07, 6.45) is 5.93. The number of nitrogens with zero attached hydrogens (tertiary/aromatic N) is 2. The van der Waals surface area contributed by atoms with E-state index in [2.05, 4.69) is 6.07 Å². The van der Waals surface area contributed by atoms with Crippen molar-refractivity contribution in [2.45, 2.75) is 44.2 Å². The molecule has 1 aromatic rings. The van der Waals surface area contributed by atoms with Gasteiger partial charge in [0.15, 0.2) is 0 Å². The summed E-state index contributed by atoms with van der Waals surface area (Å²) in [6.45, 7) is 0. The molecular weight excluding hydrogens is 227 g/mol. The quantitative estimate of drug-likeness (QED) is 0.814. The predicted octanol–water partition coefficient (Wildman–Crippen LogP) is 3.65. The summed E-state index contributed by atoms with van der Waals surface area (Å²) < 4.78 is 13.8. The minimum Gasteiger partial charge on any atom is -0.284 e. The zero-order valence-electron chi connectivity index (χ0n) is 10.8. The van der Waals surface area contributed by atoms with Gasteiger partial charge in [-0.05, 0) is 26.0 Å². The van der Waals surface area contributed by atoms with Gasteiger partial charge < -0.3 is 0 Å². The van der Waals surface area contributed by atoms with Crippen molar-refractivity contribution in [1.82, 2.24) is 4.90 Å². The summed E-state index contributed by atoms with van der Waals surface area (Å²) in [5, 5.41) is 9.35. The van der Waals surface area contributed by atoms with Crippen LogP contribution in [0.5, 0.6) is 0 Å². The third-order valence-electron chi connectivity index (χ3n) is 3.88. The Bertz CT molecular complexity index is 432. The Labute approximate surface area is 108 Å². The molecule has 0 aromatic heterocycles. The van der Waals surface area contributed by atoms with Crippen molar-refractivity contribution in [3.8, 4) is 6.07 Å². The SMILES string of the molecule is CN(C1CCCCC1)C(C#N)c1ccccc1F. The first-order valence-corrected chi connectivity index (χ1v) is 6.60. The first-order valence-electron chi connectivity index (χ1n) is 6.60. The van der Waals surface area contributed by atoms with E-state index in [1.807, 2.05) is 11.9 Å². The van der Waals surface area contributed by atoms with E-state index >= 15 is 0 Å². The fourth-order valence-electron chi connectivity index (χ4n) is 2.78. The van der Waals surface area contributed by atoms with Crippen LogP contribution in [0, 0.1) is 17.1 Å². The molecule has 0 amide bonds. The summed E-state index contributed by atoms with van der Waals surface area (Å²) >= 11 is 0. The van der Waals surface area contributed by atoms with Crippen LogP contribution >= 0.6 is 0 Å². The minimum atomic E-state index is -0.478. The maximum absolute atomic E-state index is 13.8. The number of benzene rings is 1. The van der Waals surface area contributed by atoms with E-state index in [4.69, 9.17) is 0 Å². The van der Waals surface area contributed by atoms with Crippen molar-refractivity contribution in [2.75, 3.05) is 7.05 Å². The Balaban J connectivity index is 2.18.